The monoisotopic (exact) mass is 1310 g/mol. The van der Waals surface area contributed by atoms with Crippen LogP contribution in [0.25, 0.3) is 112 Å². The van der Waals surface area contributed by atoms with E-state index in [1.54, 1.807) is 0 Å². The zero-order chi connectivity index (χ0) is 62.5. The summed E-state index contributed by atoms with van der Waals surface area (Å²) in [5, 5.41) is 36.3. The topological polar surface area (TPSA) is 140 Å². The van der Waals surface area contributed by atoms with E-state index in [1.165, 1.54) is 71.7 Å². The van der Waals surface area contributed by atoms with Crippen LogP contribution in [-0.2, 0) is 19.5 Å². The van der Waals surface area contributed by atoms with E-state index >= 15 is 0 Å². The Morgan fingerprint density at radius 1 is 0.337 bits per heavy atom. The molecule has 4 aromatic heterocycles. The fraction of sp³-hybridized carbons (Fsp3) is 0. The number of fused-ring (bicyclic) bond motifs is 4. The zero-order valence-corrected chi connectivity index (χ0v) is 52.4. The molecule has 0 bridgehead atoms. The van der Waals surface area contributed by atoms with Crippen LogP contribution in [0.3, 0.4) is 0 Å². The van der Waals surface area contributed by atoms with Crippen molar-refractivity contribution in [1.29, 1.82) is 0 Å². The van der Waals surface area contributed by atoms with Gasteiger partial charge in [0.2, 0.25) is 0 Å². The van der Waals surface area contributed by atoms with Crippen molar-refractivity contribution in [2.45, 2.75) is 0 Å². The van der Waals surface area contributed by atoms with Crippen molar-refractivity contribution in [1.82, 2.24) is 19.9 Å². The fourth-order valence-electron chi connectivity index (χ4n) is 11.1. The van der Waals surface area contributed by atoms with E-state index in [4.69, 9.17) is 25.8 Å². The third-order valence-corrected chi connectivity index (χ3v) is 15.3. The molecule has 0 saturated heterocycles. The Morgan fingerprint density at radius 3 is 1.16 bits per heavy atom. The molecule has 1 N–H and O–H groups in total. The Kier molecular flexibility index (Phi) is 19.8. The Bertz CT molecular complexity index is 5100. The van der Waals surface area contributed by atoms with Gasteiger partial charge in [-0.3, -0.25) is 9.97 Å². The maximum absolute atomic E-state index is 11.9. The minimum absolute atomic E-state index is 0. The first-order valence-corrected chi connectivity index (χ1v) is 29.8. The number of hydrogen-bond donors (Lipinski definition) is 1. The number of carbonyl (C=O) groups is 1. The molecule has 0 fully saturated rings. The molecule has 10 nitrogen and oxygen atoms in total. The Balaban J connectivity index is 0.00000119. The van der Waals surface area contributed by atoms with Gasteiger partial charge in [-0.05, 0) is 211 Å². The molecule has 0 unspecified atom stereocenters. The van der Waals surface area contributed by atoms with Crippen molar-refractivity contribution in [3.63, 3.8) is 0 Å². The van der Waals surface area contributed by atoms with E-state index in [2.05, 4.69) is 270 Å². The molecule has 0 spiro atoms. The second-order valence-electron chi connectivity index (χ2n) is 21.1. The molecule has 0 saturated carbocycles. The van der Waals surface area contributed by atoms with E-state index in [1.807, 2.05) is 60.8 Å². The molecule has 0 aliphatic rings. The first-order chi connectivity index (χ1) is 44.7. The number of hydrogen-bond acceptors (Lipinski definition) is 9. The number of aromatic carboxylic acids is 1. The molecule has 0 aliphatic carbocycles. The Labute approximate surface area is 555 Å². The van der Waals surface area contributed by atoms with Crippen LogP contribution in [0.4, 0.5) is 34.1 Å². The molecule has 14 rings (SSSR count). The van der Waals surface area contributed by atoms with Crippen molar-refractivity contribution in [2.75, 3.05) is 9.80 Å². The van der Waals surface area contributed by atoms with Crippen LogP contribution in [0.1, 0.15) is 32.6 Å². The number of nitrogens with zero attached hydrogens (tertiary/aromatic N) is 8. The number of benzene rings is 10. The van der Waals surface area contributed by atoms with E-state index in [9.17, 15) is 9.90 Å². The second-order valence-corrected chi connectivity index (χ2v) is 21.5. The summed E-state index contributed by atoms with van der Waals surface area (Å²) in [6, 6.07) is 94.3. The number of thiocarbonyl (C=S) groups is 2. The first kappa shape index (κ1) is 62.2. The summed E-state index contributed by atoms with van der Waals surface area (Å²) in [6.45, 7) is 0. The SMILES string of the molecule is O=C(O)c1ccnc(-c2cccc(-c3cc(/C=C/c4ccc(N(c5ccccc5)c5ccc6cc7ccccc7cc6c5)cc4)cc(-c4cc(/C=C/c5ccc(N(c6ccccc6)c6ccc7cc8ccccc8cc7c6)cc5)ccn4)n3)n2)c1.[N-]=C=S.[N-]=C=S.[Ru+2]. The van der Waals surface area contributed by atoms with Gasteiger partial charge in [-0.1, -0.05) is 176 Å². The molecule has 14 aromatic rings. The maximum Gasteiger partial charge on any atom is 2.00 e. The summed E-state index contributed by atoms with van der Waals surface area (Å²) in [5.41, 5.74) is 14.0. The van der Waals surface area contributed by atoms with Crippen molar-refractivity contribution in [2.24, 2.45) is 0 Å². The van der Waals surface area contributed by atoms with E-state index in [-0.39, 0.29) is 25.0 Å². The molecule has 4 heterocycles. The maximum atomic E-state index is 11.9. The van der Waals surface area contributed by atoms with Crippen LogP contribution in [0.15, 0.2) is 285 Å². The van der Waals surface area contributed by atoms with Gasteiger partial charge in [-0.15, -0.1) is 0 Å². The van der Waals surface area contributed by atoms with Crippen molar-refractivity contribution < 1.29 is 29.4 Å². The van der Waals surface area contributed by atoms with Crippen molar-refractivity contribution in [3.8, 4) is 34.2 Å². The van der Waals surface area contributed by atoms with Crippen LogP contribution in [0.5, 0.6) is 0 Å². The summed E-state index contributed by atoms with van der Waals surface area (Å²) >= 11 is 7.40. The second kappa shape index (κ2) is 29.3. The van der Waals surface area contributed by atoms with Crippen molar-refractivity contribution >= 4 is 142 Å². The van der Waals surface area contributed by atoms with Gasteiger partial charge in [0.25, 0.3) is 0 Å². The average Bonchev–Trinajstić information content (AvgIpc) is 1.09. The van der Waals surface area contributed by atoms with Crippen LogP contribution < -0.4 is 9.80 Å². The molecule has 10 aromatic carbocycles. The van der Waals surface area contributed by atoms with Gasteiger partial charge in [0.1, 0.15) is 0 Å². The van der Waals surface area contributed by atoms with Gasteiger partial charge in [-0.2, -0.15) is 10.3 Å². The molecule has 13 heteroatoms. The quantitative estimate of drug-likeness (QED) is 0.0484. The summed E-state index contributed by atoms with van der Waals surface area (Å²) in [6.07, 6.45) is 11.7. The Hall–Kier alpha value is -11.4. The summed E-state index contributed by atoms with van der Waals surface area (Å²) < 4.78 is 0. The number of isothiocyanates is 2. The minimum Gasteiger partial charge on any atom is -0.753 e. The standard InChI is InChI=1S/C77H52N6O2.2CNS.Ru/c84-77(85)62-39-41-79-74(51-62)71-20-11-21-72(80-71)75-43-55(25-23-53-28-34-68(35-29-53)83(66-18-5-2-6-19-66)70-37-31-61-46-57-13-8-10-15-59(57)48-64(61)50-70)44-76(81-75)73-42-54(38-40-78-73)24-22-52-26-32-67(33-27-52)82(65-16-3-1-4-17-65)69-36-30-60-45-56-12-7-9-14-58(56)47-63(60)49-69;2*2-1-3;/h1-51H,(H,84,85);;;/q;2*-1;+2/b24-22+,25-23+;;;. The van der Waals surface area contributed by atoms with E-state index < -0.39 is 5.97 Å². The van der Waals surface area contributed by atoms with Gasteiger partial charge >= 0.3 is 25.4 Å². The molecular formula is C79H52N8O2RuS2. The van der Waals surface area contributed by atoms with Gasteiger partial charge in [0, 0.05) is 46.5 Å². The molecule has 0 aliphatic heterocycles. The van der Waals surface area contributed by atoms with Gasteiger partial charge in [-0.25, -0.2) is 14.8 Å². The smallest absolute Gasteiger partial charge is 0.753 e. The fourth-order valence-corrected chi connectivity index (χ4v) is 11.1. The third kappa shape index (κ3) is 14.5. The van der Waals surface area contributed by atoms with Gasteiger partial charge in [0.05, 0.1) is 39.7 Å². The van der Waals surface area contributed by atoms with Crippen LogP contribution >= 0.6 is 24.4 Å². The molecule has 92 heavy (non-hydrogen) atoms. The number of aromatic nitrogens is 4. The van der Waals surface area contributed by atoms with Crippen molar-refractivity contribution in [3.05, 3.63) is 324 Å². The number of pyridine rings is 4. The van der Waals surface area contributed by atoms with Crippen LogP contribution in [0.2, 0.25) is 0 Å². The van der Waals surface area contributed by atoms with Gasteiger partial charge in [0.15, 0.2) is 0 Å². The Morgan fingerprint density at radius 2 is 0.685 bits per heavy atom. The summed E-state index contributed by atoms with van der Waals surface area (Å²) in [7, 11) is 0. The number of rotatable bonds is 14. The third-order valence-electron chi connectivity index (χ3n) is 15.3. The molecule has 0 amide bonds. The predicted octanol–water partition coefficient (Wildman–Crippen LogP) is 21.2. The average molecular weight is 1310 g/mol. The largest absolute Gasteiger partial charge is 2.00 e. The number of para-hydroxylation sites is 2. The van der Waals surface area contributed by atoms with E-state index in [0.29, 0.717) is 34.2 Å². The van der Waals surface area contributed by atoms with Gasteiger partial charge < -0.3 is 25.7 Å². The van der Waals surface area contributed by atoms with E-state index in [0.717, 1.165) is 56.4 Å². The minimum atomic E-state index is -1.03. The molecule has 440 valence electrons. The normalized spacial score (nSPS) is 10.8. The van der Waals surface area contributed by atoms with Crippen LogP contribution in [0, 0.1) is 0 Å². The molecular weight excluding hydrogens is 1260 g/mol. The zero-order valence-electron chi connectivity index (χ0n) is 49.0. The molecule has 0 atom stereocenters. The van der Waals surface area contributed by atoms with Crippen LogP contribution in [-0.4, -0.2) is 41.3 Å². The first-order valence-electron chi connectivity index (χ1n) is 29.0. The number of carboxylic acid groups (broad SMARTS) is 1. The summed E-state index contributed by atoms with van der Waals surface area (Å²) in [5.74, 6) is -1.03. The number of anilines is 6. The predicted molar refractivity (Wildman–Crippen MR) is 383 cm³/mol. The molecule has 0 radical (unpaired) electrons. The number of carboxylic acids is 1. The summed E-state index contributed by atoms with van der Waals surface area (Å²) in [4.78, 5) is 36.0.